The molecular weight excluding hydrogens is 374 g/mol. The second kappa shape index (κ2) is 6.98. The maximum atomic E-state index is 12.9. The van der Waals surface area contributed by atoms with Crippen LogP contribution in [-0.4, -0.2) is 17.8 Å². The molecule has 1 N–H and O–H groups in total. The van der Waals surface area contributed by atoms with Crippen LogP contribution in [0, 0.1) is 6.92 Å². The lowest BCUT2D eigenvalue weighted by Crippen LogP contribution is -2.23. The quantitative estimate of drug-likeness (QED) is 0.729. The van der Waals surface area contributed by atoms with Crippen LogP contribution in [-0.2, 0) is 22.5 Å². The van der Waals surface area contributed by atoms with Crippen molar-refractivity contribution in [2.75, 3.05) is 4.72 Å². The first-order chi connectivity index (χ1) is 13.0. The number of sulfonamides is 1. The lowest BCUT2D eigenvalue weighted by atomic mass is 9.87. The molecule has 148 valence electrons. The average molecular weight is 400 g/mol. The van der Waals surface area contributed by atoms with Crippen LogP contribution >= 0.6 is 0 Å². The number of anilines is 1. The number of rotatable bonds is 4. The molecule has 3 aromatic rings. The highest BCUT2D eigenvalue weighted by Crippen LogP contribution is 2.24. The van der Waals surface area contributed by atoms with Gasteiger partial charge in [0.25, 0.3) is 15.6 Å². The summed E-state index contributed by atoms with van der Waals surface area (Å²) in [4.78, 5) is 13.0. The second-order valence-electron chi connectivity index (χ2n) is 7.82. The normalized spacial score (nSPS) is 12.2. The Balaban J connectivity index is 2.01. The Morgan fingerprint density at radius 1 is 0.929 bits per heavy atom. The zero-order valence-corrected chi connectivity index (χ0v) is 17.5. The fraction of sp³-hybridized carbons (Fsp3) is 0.286. The van der Waals surface area contributed by atoms with Gasteiger partial charge in [-0.3, -0.25) is 14.2 Å². The first-order valence-electron chi connectivity index (χ1n) is 9.00. The van der Waals surface area contributed by atoms with Crippen LogP contribution in [0.3, 0.4) is 0 Å². The van der Waals surface area contributed by atoms with Crippen LogP contribution in [0.1, 0.15) is 32.0 Å². The van der Waals surface area contributed by atoms with E-state index < -0.39 is 15.6 Å². The van der Waals surface area contributed by atoms with E-state index in [4.69, 9.17) is 0 Å². The third-order valence-corrected chi connectivity index (χ3v) is 6.19. The molecule has 3 rings (SSSR count). The van der Waals surface area contributed by atoms with Crippen LogP contribution in [0.5, 0.6) is 0 Å². The van der Waals surface area contributed by atoms with E-state index in [-0.39, 0.29) is 16.0 Å². The van der Waals surface area contributed by atoms with Gasteiger partial charge < -0.3 is 0 Å². The highest BCUT2D eigenvalue weighted by Gasteiger charge is 2.23. The van der Waals surface area contributed by atoms with Gasteiger partial charge in [0.2, 0.25) is 0 Å². The Morgan fingerprint density at radius 2 is 1.50 bits per heavy atom. The summed E-state index contributed by atoms with van der Waals surface area (Å²) in [7, 11) is -2.16. The van der Waals surface area contributed by atoms with Gasteiger partial charge in [-0.1, -0.05) is 51.1 Å². The summed E-state index contributed by atoms with van der Waals surface area (Å²) in [5.74, 6) is 0. The Morgan fingerprint density at radius 3 is 2.04 bits per heavy atom. The van der Waals surface area contributed by atoms with Gasteiger partial charge >= 0.3 is 0 Å². The van der Waals surface area contributed by atoms with Crippen molar-refractivity contribution in [1.29, 1.82) is 0 Å². The van der Waals surface area contributed by atoms with Gasteiger partial charge in [0.15, 0.2) is 0 Å². The van der Waals surface area contributed by atoms with Gasteiger partial charge in [-0.05, 0) is 42.2 Å². The van der Waals surface area contributed by atoms with Crippen LogP contribution < -0.4 is 10.3 Å². The molecule has 0 bridgehead atoms. The first kappa shape index (κ1) is 19.9. The Kier molecular flexibility index (Phi) is 4.97. The molecule has 0 saturated heterocycles. The third-order valence-electron chi connectivity index (χ3n) is 4.82. The van der Waals surface area contributed by atoms with E-state index in [1.54, 1.807) is 55.1 Å². The Labute approximate surface area is 165 Å². The van der Waals surface area contributed by atoms with Crippen molar-refractivity contribution < 1.29 is 8.42 Å². The maximum absolute atomic E-state index is 12.9. The number of hydrogen-bond donors (Lipinski definition) is 1. The monoisotopic (exact) mass is 399 g/mol. The summed E-state index contributed by atoms with van der Waals surface area (Å²) in [5, 5.41) is 0. The van der Waals surface area contributed by atoms with Gasteiger partial charge in [0.05, 0.1) is 16.3 Å². The van der Waals surface area contributed by atoms with Gasteiger partial charge in [-0.2, -0.15) is 0 Å². The number of para-hydroxylation sites is 1. The highest BCUT2D eigenvalue weighted by molar-refractivity contribution is 7.92. The van der Waals surface area contributed by atoms with Crippen molar-refractivity contribution in [1.82, 2.24) is 9.36 Å². The molecule has 0 spiro atoms. The zero-order chi connectivity index (χ0) is 20.7. The minimum Gasteiger partial charge on any atom is -0.283 e. The largest absolute Gasteiger partial charge is 0.296 e. The minimum atomic E-state index is -3.88. The molecule has 0 radical (unpaired) electrons. The first-order valence-corrected chi connectivity index (χ1v) is 10.5. The smallest absolute Gasteiger partial charge is 0.283 e. The predicted octanol–water partition coefficient (Wildman–Crippen LogP) is 3.58. The lowest BCUT2D eigenvalue weighted by Gasteiger charge is -2.19. The molecule has 0 aliphatic rings. The van der Waals surface area contributed by atoms with E-state index in [1.807, 2.05) is 18.2 Å². The van der Waals surface area contributed by atoms with Crippen molar-refractivity contribution in [2.45, 2.75) is 38.0 Å². The molecule has 0 amide bonds. The molecular formula is C21H25N3O3S. The van der Waals surface area contributed by atoms with Crippen LogP contribution in [0.4, 0.5) is 5.69 Å². The van der Waals surface area contributed by atoms with E-state index in [9.17, 15) is 13.2 Å². The predicted molar refractivity (Wildman–Crippen MR) is 112 cm³/mol. The summed E-state index contributed by atoms with van der Waals surface area (Å²) >= 11 is 0. The maximum Gasteiger partial charge on any atom is 0.296 e. The van der Waals surface area contributed by atoms with Crippen molar-refractivity contribution in [3.63, 3.8) is 0 Å². The molecule has 0 saturated carbocycles. The van der Waals surface area contributed by atoms with Crippen molar-refractivity contribution in [3.8, 4) is 5.69 Å². The van der Waals surface area contributed by atoms with E-state index in [0.29, 0.717) is 11.4 Å². The number of nitrogens with zero attached hydrogens (tertiary/aromatic N) is 2. The molecule has 0 aliphatic heterocycles. The van der Waals surface area contributed by atoms with Crippen molar-refractivity contribution >= 4 is 15.7 Å². The molecule has 0 fully saturated rings. The Bertz CT molecular complexity index is 1150. The summed E-state index contributed by atoms with van der Waals surface area (Å²) in [6.45, 7) is 7.90. The lowest BCUT2D eigenvalue weighted by molar-refractivity contribution is 0.587. The van der Waals surface area contributed by atoms with Crippen LogP contribution in [0.15, 0.2) is 64.3 Å². The van der Waals surface area contributed by atoms with E-state index in [1.165, 1.54) is 4.68 Å². The SMILES string of the molecule is Cc1c(NS(=O)(=O)c2ccc(C(C)(C)C)cc2)c(=O)n(-c2ccccc2)n1C. The van der Waals surface area contributed by atoms with Crippen LogP contribution in [0.25, 0.3) is 5.69 Å². The summed E-state index contributed by atoms with van der Waals surface area (Å²) in [5.41, 5.74) is 1.79. The number of hydrogen-bond acceptors (Lipinski definition) is 3. The molecule has 0 aliphatic carbocycles. The average Bonchev–Trinajstić information content (AvgIpc) is 2.85. The molecule has 28 heavy (non-hydrogen) atoms. The number of aromatic nitrogens is 2. The van der Waals surface area contributed by atoms with E-state index >= 15 is 0 Å². The van der Waals surface area contributed by atoms with E-state index in [2.05, 4.69) is 25.5 Å². The second-order valence-corrected chi connectivity index (χ2v) is 9.50. The fourth-order valence-electron chi connectivity index (χ4n) is 3.01. The van der Waals surface area contributed by atoms with Crippen LogP contribution in [0.2, 0.25) is 0 Å². The Hall–Kier alpha value is -2.80. The zero-order valence-electron chi connectivity index (χ0n) is 16.7. The van der Waals surface area contributed by atoms with E-state index in [0.717, 1.165) is 5.56 Å². The molecule has 1 aromatic heterocycles. The highest BCUT2D eigenvalue weighted by atomic mass is 32.2. The van der Waals surface area contributed by atoms with Gasteiger partial charge in [0.1, 0.15) is 5.69 Å². The van der Waals surface area contributed by atoms with Gasteiger partial charge in [0, 0.05) is 7.05 Å². The van der Waals surface area contributed by atoms with Crippen molar-refractivity contribution in [3.05, 3.63) is 76.2 Å². The number of nitrogens with one attached hydrogen (secondary N) is 1. The van der Waals surface area contributed by atoms with Gasteiger partial charge in [-0.15, -0.1) is 0 Å². The van der Waals surface area contributed by atoms with Gasteiger partial charge in [-0.25, -0.2) is 13.1 Å². The summed E-state index contributed by atoms with van der Waals surface area (Å²) < 4.78 is 31.3. The molecule has 7 heteroatoms. The fourth-order valence-corrected chi connectivity index (χ4v) is 4.13. The molecule has 0 atom stereocenters. The summed E-state index contributed by atoms with van der Waals surface area (Å²) in [6.07, 6.45) is 0. The minimum absolute atomic E-state index is 0.0475. The molecule has 6 nitrogen and oxygen atoms in total. The molecule has 2 aromatic carbocycles. The molecule has 1 heterocycles. The standard InChI is InChI=1S/C21H25N3O3S/c1-15-19(20(25)24(23(15)5)17-9-7-6-8-10-17)22-28(26,27)18-13-11-16(12-14-18)21(2,3)4/h6-14,22H,1-5H3. The number of benzene rings is 2. The van der Waals surface area contributed by atoms with Crippen molar-refractivity contribution in [2.24, 2.45) is 7.05 Å². The topological polar surface area (TPSA) is 73.1 Å². The molecule has 0 unspecified atom stereocenters. The third kappa shape index (κ3) is 3.62. The summed E-state index contributed by atoms with van der Waals surface area (Å²) in [6, 6.07) is 15.8.